The predicted molar refractivity (Wildman–Crippen MR) is 84.4 cm³/mol. The van der Waals surface area contributed by atoms with Gasteiger partial charge in [-0.3, -0.25) is 4.79 Å². The number of hydrogen-bond acceptors (Lipinski definition) is 4. The van der Waals surface area contributed by atoms with Crippen LogP contribution in [0.15, 0.2) is 35.8 Å². The van der Waals surface area contributed by atoms with E-state index in [9.17, 15) is 4.79 Å². The van der Waals surface area contributed by atoms with Gasteiger partial charge in [-0.05, 0) is 25.5 Å². The Balaban J connectivity index is 1.69. The highest BCUT2D eigenvalue weighted by atomic mass is 32.1. The minimum atomic E-state index is -0.0676. The summed E-state index contributed by atoms with van der Waals surface area (Å²) in [5.74, 6) is 0.826. The zero-order valence-corrected chi connectivity index (χ0v) is 13.2. The summed E-state index contributed by atoms with van der Waals surface area (Å²) in [6, 6.07) is 9.64. The van der Waals surface area contributed by atoms with E-state index in [1.54, 1.807) is 16.8 Å². The standard InChI is InChI=1S/C16H20N2O2S/c1-12(8-9-20-14-6-4-3-5-7-14)16(19)17-10-15-13(2)18-11-21-15/h3-7,11-12H,8-10H2,1-2H3,(H,17,19)/t12-/m0/s1. The molecule has 0 aliphatic heterocycles. The van der Waals surface area contributed by atoms with Gasteiger partial charge >= 0.3 is 0 Å². The topological polar surface area (TPSA) is 51.2 Å². The van der Waals surface area contributed by atoms with Crippen LogP contribution in [-0.4, -0.2) is 17.5 Å². The van der Waals surface area contributed by atoms with Crippen molar-refractivity contribution < 1.29 is 9.53 Å². The number of aromatic nitrogens is 1. The second-order valence-electron chi connectivity index (χ2n) is 4.93. The van der Waals surface area contributed by atoms with Gasteiger partial charge in [0.1, 0.15) is 5.75 Å². The molecule has 0 fully saturated rings. The fourth-order valence-electron chi connectivity index (χ4n) is 1.84. The molecule has 0 spiro atoms. The molecule has 112 valence electrons. The minimum Gasteiger partial charge on any atom is -0.494 e. The smallest absolute Gasteiger partial charge is 0.223 e. The Morgan fingerprint density at radius 1 is 1.38 bits per heavy atom. The van der Waals surface area contributed by atoms with Crippen LogP contribution in [0.25, 0.3) is 0 Å². The Kier molecular flexibility index (Phi) is 5.75. The maximum atomic E-state index is 12.0. The first-order chi connectivity index (χ1) is 10.2. The zero-order chi connectivity index (χ0) is 15.1. The maximum Gasteiger partial charge on any atom is 0.223 e. The van der Waals surface area contributed by atoms with E-state index in [1.807, 2.05) is 44.2 Å². The highest BCUT2D eigenvalue weighted by molar-refractivity contribution is 7.09. The van der Waals surface area contributed by atoms with Crippen molar-refractivity contribution in [2.75, 3.05) is 6.61 Å². The summed E-state index contributed by atoms with van der Waals surface area (Å²) in [5, 5.41) is 2.95. The van der Waals surface area contributed by atoms with Crippen LogP contribution < -0.4 is 10.1 Å². The van der Waals surface area contributed by atoms with Gasteiger partial charge in [0.05, 0.1) is 24.4 Å². The molecule has 2 aromatic rings. The van der Waals surface area contributed by atoms with Gasteiger partial charge in [0.2, 0.25) is 5.91 Å². The molecule has 0 aliphatic carbocycles. The van der Waals surface area contributed by atoms with Crippen molar-refractivity contribution in [3.05, 3.63) is 46.4 Å². The Labute approximate surface area is 129 Å². The van der Waals surface area contributed by atoms with Crippen LogP contribution in [0, 0.1) is 12.8 Å². The van der Waals surface area contributed by atoms with Crippen LogP contribution in [0.1, 0.15) is 23.9 Å². The molecule has 0 saturated carbocycles. The second kappa shape index (κ2) is 7.78. The van der Waals surface area contributed by atoms with E-state index in [1.165, 1.54) is 0 Å². The lowest BCUT2D eigenvalue weighted by Crippen LogP contribution is -2.29. The van der Waals surface area contributed by atoms with E-state index in [2.05, 4.69) is 10.3 Å². The Morgan fingerprint density at radius 3 is 2.81 bits per heavy atom. The van der Waals surface area contributed by atoms with E-state index < -0.39 is 0 Å². The van der Waals surface area contributed by atoms with E-state index in [0.29, 0.717) is 19.6 Å². The zero-order valence-electron chi connectivity index (χ0n) is 12.3. The molecule has 1 amide bonds. The van der Waals surface area contributed by atoms with Crippen molar-refractivity contribution in [1.82, 2.24) is 10.3 Å². The van der Waals surface area contributed by atoms with Crippen molar-refractivity contribution >= 4 is 17.2 Å². The third-order valence-corrected chi connectivity index (χ3v) is 4.21. The fraction of sp³-hybridized carbons (Fsp3) is 0.375. The van der Waals surface area contributed by atoms with Gasteiger partial charge in [0.15, 0.2) is 0 Å². The number of thiazole rings is 1. The van der Waals surface area contributed by atoms with E-state index in [-0.39, 0.29) is 11.8 Å². The Morgan fingerprint density at radius 2 is 2.14 bits per heavy atom. The molecule has 5 heteroatoms. The predicted octanol–water partition coefficient (Wildman–Crippen LogP) is 3.17. The number of carbonyl (C=O) groups excluding carboxylic acids is 1. The number of carbonyl (C=O) groups is 1. The van der Waals surface area contributed by atoms with Crippen molar-refractivity contribution in [3.8, 4) is 5.75 Å². The van der Waals surface area contributed by atoms with E-state index in [0.717, 1.165) is 16.3 Å². The van der Waals surface area contributed by atoms with Crippen LogP contribution in [0.5, 0.6) is 5.75 Å². The molecular formula is C16H20N2O2S. The first-order valence-corrected chi connectivity index (χ1v) is 7.89. The van der Waals surface area contributed by atoms with Gasteiger partial charge in [-0.2, -0.15) is 0 Å². The molecule has 0 bridgehead atoms. The monoisotopic (exact) mass is 304 g/mol. The van der Waals surface area contributed by atoms with Gasteiger partial charge in [0, 0.05) is 10.8 Å². The molecule has 21 heavy (non-hydrogen) atoms. The van der Waals surface area contributed by atoms with Gasteiger partial charge in [-0.15, -0.1) is 11.3 Å². The molecule has 1 heterocycles. The van der Waals surface area contributed by atoms with Crippen LogP contribution in [0.2, 0.25) is 0 Å². The molecule has 1 aromatic heterocycles. The number of ether oxygens (including phenoxy) is 1. The number of amides is 1. The highest BCUT2D eigenvalue weighted by Crippen LogP contribution is 2.13. The van der Waals surface area contributed by atoms with Gasteiger partial charge in [-0.25, -0.2) is 4.98 Å². The molecule has 0 saturated heterocycles. The summed E-state index contributed by atoms with van der Waals surface area (Å²) >= 11 is 1.57. The molecule has 2 rings (SSSR count). The summed E-state index contributed by atoms with van der Waals surface area (Å²) in [4.78, 5) is 17.3. The first-order valence-electron chi connectivity index (χ1n) is 7.01. The number of aryl methyl sites for hydroxylation is 1. The van der Waals surface area contributed by atoms with Crippen LogP contribution in [0.3, 0.4) is 0 Å². The quantitative estimate of drug-likeness (QED) is 0.855. The average molecular weight is 304 g/mol. The minimum absolute atomic E-state index is 0.0551. The Bertz CT molecular complexity index is 569. The van der Waals surface area contributed by atoms with Crippen molar-refractivity contribution in [2.24, 2.45) is 5.92 Å². The fourth-order valence-corrected chi connectivity index (χ4v) is 2.56. The molecule has 1 atom stereocenters. The summed E-state index contributed by atoms with van der Waals surface area (Å²) in [6.07, 6.45) is 0.697. The number of rotatable bonds is 7. The van der Waals surface area contributed by atoms with Gasteiger partial charge in [0.25, 0.3) is 0 Å². The number of nitrogens with zero attached hydrogens (tertiary/aromatic N) is 1. The van der Waals surface area contributed by atoms with Crippen LogP contribution >= 0.6 is 11.3 Å². The number of para-hydroxylation sites is 1. The number of benzene rings is 1. The third-order valence-electron chi connectivity index (χ3n) is 3.28. The summed E-state index contributed by atoms with van der Waals surface area (Å²) in [6.45, 7) is 4.97. The number of hydrogen-bond donors (Lipinski definition) is 1. The Hall–Kier alpha value is -1.88. The lowest BCUT2D eigenvalue weighted by Gasteiger charge is -2.12. The second-order valence-corrected chi connectivity index (χ2v) is 5.87. The van der Waals surface area contributed by atoms with Gasteiger partial charge < -0.3 is 10.1 Å². The molecule has 1 aromatic carbocycles. The number of nitrogens with one attached hydrogen (secondary N) is 1. The van der Waals surface area contributed by atoms with Crippen LogP contribution in [-0.2, 0) is 11.3 Å². The average Bonchev–Trinajstić information content (AvgIpc) is 2.91. The van der Waals surface area contributed by atoms with Crippen molar-refractivity contribution in [1.29, 1.82) is 0 Å². The van der Waals surface area contributed by atoms with Crippen molar-refractivity contribution in [2.45, 2.75) is 26.8 Å². The maximum absolute atomic E-state index is 12.0. The summed E-state index contributed by atoms with van der Waals surface area (Å²) < 4.78 is 5.61. The lowest BCUT2D eigenvalue weighted by molar-refractivity contribution is -0.125. The molecule has 4 nitrogen and oxygen atoms in total. The summed E-state index contributed by atoms with van der Waals surface area (Å²) in [5.41, 5.74) is 2.79. The normalized spacial score (nSPS) is 11.9. The summed E-state index contributed by atoms with van der Waals surface area (Å²) in [7, 11) is 0. The van der Waals surface area contributed by atoms with Crippen molar-refractivity contribution in [3.63, 3.8) is 0 Å². The SMILES string of the molecule is Cc1ncsc1CNC(=O)[C@@H](C)CCOc1ccccc1. The molecule has 0 aliphatic rings. The molecule has 1 N–H and O–H groups in total. The molecular weight excluding hydrogens is 284 g/mol. The highest BCUT2D eigenvalue weighted by Gasteiger charge is 2.13. The van der Waals surface area contributed by atoms with Crippen LogP contribution in [0.4, 0.5) is 0 Å². The first kappa shape index (κ1) is 15.5. The largest absolute Gasteiger partial charge is 0.494 e. The molecule has 0 unspecified atom stereocenters. The van der Waals surface area contributed by atoms with Gasteiger partial charge in [-0.1, -0.05) is 25.1 Å². The van der Waals surface area contributed by atoms with E-state index >= 15 is 0 Å². The lowest BCUT2D eigenvalue weighted by atomic mass is 10.1. The van der Waals surface area contributed by atoms with E-state index in [4.69, 9.17) is 4.74 Å². The molecule has 0 radical (unpaired) electrons. The third kappa shape index (κ3) is 4.86.